The number of phenolic OH excluding ortho intramolecular Hbond substituents is 1. The molecule has 118 valence electrons. The number of nitrogens with one attached hydrogen (secondary N) is 2. The summed E-state index contributed by atoms with van der Waals surface area (Å²) >= 11 is 7.38. The minimum atomic E-state index is -0.281. The Morgan fingerprint density at radius 2 is 2.09 bits per heavy atom. The van der Waals surface area contributed by atoms with Crippen LogP contribution < -0.4 is 10.6 Å². The first-order valence-corrected chi connectivity index (χ1v) is 8.28. The van der Waals surface area contributed by atoms with Gasteiger partial charge in [0.15, 0.2) is 5.50 Å². The third kappa shape index (κ3) is 3.63. The van der Waals surface area contributed by atoms with Gasteiger partial charge in [0, 0.05) is 16.3 Å². The lowest BCUT2D eigenvalue weighted by atomic mass is 10.2. The lowest BCUT2D eigenvalue weighted by Gasteiger charge is -2.15. The highest BCUT2D eigenvalue weighted by atomic mass is 35.5. The van der Waals surface area contributed by atoms with Crippen LogP contribution in [-0.4, -0.2) is 16.5 Å². The van der Waals surface area contributed by atoms with Gasteiger partial charge in [0.2, 0.25) is 0 Å². The topological polar surface area (TPSA) is 61.4 Å². The number of phenols is 1. The van der Waals surface area contributed by atoms with Crippen LogP contribution in [0.2, 0.25) is 5.02 Å². The number of anilines is 1. The van der Waals surface area contributed by atoms with Crippen molar-refractivity contribution in [3.63, 3.8) is 0 Å². The number of para-hydroxylation sites is 1. The van der Waals surface area contributed by atoms with Gasteiger partial charge < -0.3 is 15.7 Å². The number of carbonyl (C=O) groups is 1. The zero-order valence-electron chi connectivity index (χ0n) is 12.3. The van der Waals surface area contributed by atoms with E-state index in [4.69, 9.17) is 11.6 Å². The van der Waals surface area contributed by atoms with Gasteiger partial charge in [-0.25, -0.2) is 0 Å². The highest BCUT2D eigenvalue weighted by Gasteiger charge is 2.27. The van der Waals surface area contributed by atoms with Crippen LogP contribution in [0.25, 0.3) is 6.08 Å². The second-order valence-electron chi connectivity index (χ2n) is 5.14. The predicted octanol–water partition coefficient (Wildman–Crippen LogP) is 3.95. The van der Waals surface area contributed by atoms with Gasteiger partial charge in [-0.1, -0.05) is 47.6 Å². The summed E-state index contributed by atoms with van der Waals surface area (Å²) in [5.74, 6) is -0.0223. The van der Waals surface area contributed by atoms with Crippen molar-refractivity contribution in [2.24, 2.45) is 0 Å². The lowest BCUT2D eigenvalue weighted by molar-refractivity contribution is -0.116. The summed E-state index contributed by atoms with van der Waals surface area (Å²) in [5, 5.41) is 16.6. The molecule has 3 rings (SSSR count). The van der Waals surface area contributed by atoms with E-state index in [1.165, 1.54) is 11.8 Å². The molecule has 1 fully saturated rings. The number of benzene rings is 2. The largest absolute Gasteiger partial charge is 0.507 e. The average Bonchev–Trinajstić information content (AvgIpc) is 2.85. The lowest BCUT2D eigenvalue weighted by Crippen LogP contribution is -2.31. The van der Waals surface area contributed by atoms with Crippen LogP contribution >= 0.6 is 23.4 Å². The molecular weight excluding hydrogens is 332 g/mol. The van der Waals surface area contributed by atoms with E-state index in [1.807, 2.05) is 31.2 Å². The van der Waals surface area contributed by atoms with Crippen molar-refractivity contribution < 1.29 is 9.90 Å². The molecular formula is C17H15ClN2O2S. The molecule has 4 nitrogen and oxygen atoms in total. The Kier molecular flexibility index (Phi) is 4.50. The van der Waals surface area contributed by atoms with E-state index in [-0.39, 0.29) is 17.2 Å². The van der Waals surface area contributed by atoms with Crippen LogP contribution in [0.1, 0.15) is 11.1 Å². The number of hydrogen-bond acceptors (Lipinski definition) is 4. The molecule has 1 amide bonds. The summed E-state index contributed by atoms with van der Waals surface area (Å²) in [6.07, 6.45) is 1.68. The molecule has 3 N–H and O–H groups in total. The highest BCUT2D eigenvalue weighted by Crippen LogP contribution is 2.32. The Labute approximate surface area is 143 Å². The summed E-state index contributed by atoms with van der Waals surface area (Å²) in [6.45, 7) is 1.97. The van der Waals surface area contributed by atoms with Crippen molar-refractivity contribution in [3.05, 3.63) is 63.5 Å². The minimum Gasteiger partial charge on any atom is -0.507 e. The molecule has 23 heavy (non-hydrogen) atoms. The third-order valence-corrected chi connectivity index (χ3v) is 4.70. The van der Waals surface area contributed by atoms with Crippen molar-refractivity contribution >= 4 is 41.0 Å². The van der Waals surface area contributed by atoms with E-state index in [0.717, 1.165) is 11.3 Å². The Hall–Kier alpha value is -2.11. The van der Waals surface area contributed by atoms with E-state index < -0.39 is 0 Å². The SMILES string of the molecule is Cc1ccc(Cl)cc1NC1NC(=O)/C(=C/c2ccccc2O)S1. The fourth-order valence-corrected chi connectivity index (χ4v) is 3.35. The Morgan fingerprint density at radius 1 is 1.30 bits per heavy atom. The van der Waals surface area contributed by atoms with Crippen molar-refractivity contribution in [2.75, 3.05) is 5.32 Å². The molecule has 0 bridgehead atoms. The molecule has 0 spiro atoms. The number of carbonyl (C=O) groups excluding carboxylic acids is 1. The molecule has 1 aliphatic rings. The van der Waals surface area contributed by atoms with Gasteiger partial charge in [-0.05, 0) is 36.8 Å². The average molecular weight is 347 g/mol. The zero-order valence-corrected chi connectivity index (χ0v) is 13.9. The molecule has 0 aromatic heterocycles. The Balaban J connectivity index is 1.77. The molecule has 0 saturated carbocycles. The first-order chi connectivity index (χ1) is 11.0. The second-order valence-corrected chi connectivity index (χ2v) is 6.73. The van der Waals surface area contributed by atoms with Gasteiger partial charge in [-0.3, -0.25) is 4.79 Å². The maximum Gasteiger partial charge on any atom is 0.260 e. The summed E-state index contributed by atoms with van der Waals surface area (Å²) < 4.78 is 0. The monoisotopic (exact) mass is 346 g/mol. The standard InChI is InChI=1S/C17H15ClN2O2S/c1-10-6-7-12(18)9-13(10)19-17-20-16(22)15(23-17)8-11-4-2-3-5-14(11)21/h2-9,17,19,21H,1H3,(H,20,22)/b15-8-. The van der Waals surface area contributed by atoms with Crippen LogP contribution in [0.4, 0.5) is 5.69 Å². The maximum absolute atomic E-state index is 12.1. The van der Waals surface area contributed by atoms with Crippen LogP contribution in [0.3, 0.4) is 0 Å². The van der Waals surface area contributed by atoms with Crippen molar-refractivity contribution in [2.45, 2.75) is 12.4 Å². The third-order valence-electron chi connectivity index (χ3n) is 3.44. The minimum absolute atomic E-state index is 0.149. The van der Waals surface area contributed by atoms with Gasteiger partial charge in [0.05, 0.1) is 4.91 Å². The van der Waals surface area contributed by atoms with Gasteiger partial charge in [-0.15, -0.1) is 0 Å². The number of hydrogen-bond donors (Lipinski definition) is 3. The van der Waals surface area contributed by atoms with Crippen molar-refractivity contribution in [1.82, 2.24) is 5.32 Å². The summed E-state index contributed by atoms with van der Waals surface area (Å²) in [7, 11) is 0. The van der Waals surface area contributed by atoms with Gasteiger partial charge in [0.1, 0.15) is 5.75 Å². The quantitative estimate of drug-likeness (QED) is 0.736. The van der Waals surface area contributed by atoms with Crippen LogP contribution in [-0.2, 0) is 4.79 Å². The molecule has 1 unspecified atom stereocenters. The number of rotatable bonds is 3. The molecule has 6 heteroatoms. The van der Waals surface area contributed by atoms with Gasteiger partial charge in [0.25, 0.3) is 5.91 Å². The fraction of sp³-hybridized carbons (Fsp3) is 0.118. The molecule has 1 heterocycles. The molecule has 1 atom stereocenters. The Bertz CT molecular complexity index is 792. The van der Waals surface area contributed by atoms with Crippen LogP contribution in [0.15, 0.2) is 47.4 Å². The van der Waals surface area contributed by atoms with E-state index in [1.54, 1.807) is 24.3 Å². The molecule has 0 aliphatic carbocycles. The first-order valence-electron chi connectivity index (χ1n) is 7.03. The zero-order chi connectivity index (χ0) is 16.4. The van der Waals surface area contributed by atoms with Crippen LogP contribution in [0.5, 0.6) is 5.75 Å². The van der Waals surface area contributed by atoms with Gasteiger partial charge in [-0.2, -0.15) is 0 Å². The first kappa shape index (κ1) is 15.8. The molecule has 2 aromatic carbocycles. The highest BCUT2D eigenvalue weighted by molar-refractivity contribution is 8.05. The summed E-state index contributed by atoms with van der Waals surface area (Å²) in [6, 6.07) is 12.5. The molecule has 1 aliphatic heterocycles. The molecule has 1 saturated heterocycles. The summed E-state index contributed by atoms with van der Waals surface area (Å²) in [4.78, 5) is 12.6. The van der Waals surface area contributed by atoms with E-state index in [9.17, 15) is 9.90 Å². The number of aromatic hydroxyl groups is 1. The molecule has 2 aromatic rings. The normalized spacial score (nSPS) is 19.0. The number of halogens is 1. The maximum atomic E-state index is 12.1. The smallest absolute Gasteiger partial charge is 0.260 e. The van der Waals surface area contributed by atoms with E-state index >= 15 is 0 Å². The van der Waals surface area contributed by atoms with Crippen molar-refractivity contribution in [3.8, 4) is 5.75 Å². The number of aryl methyl sites for hydroxylation is 1. The van der Waals surface area contributed by atoms with E-state index in [2.05, 4.69) is 10.6 Å². The second kappa shape index (κ2) is 6.56. The fourth-order valence-electron chi connectivity index (χ4n) is 2.21. The molecule has 0 radical (unpaired) electrons. The van der Waals surface area contributed by atoms with E-state index in [0.29, 0.717) is 15.5 Å². The predicted molar refractivity (Wildman–Crippen MR) is 95.4 cm³/mol. The Morgan fingerprint density at radius 3 is 2.87 bits per heavy atom. The number of amides is 1. The summed E-state index contributed by atoms with van der Waals surface area (Å²) in [5.41, 5.74) is 2.25. The van der Waals surface area contributed by atoms with Crippen LogP contribution in [0, 0.1) is 6.92 Å². The number of thioether (sulfide) groups is 1. The van der Waals surface area contributed by atoms with Crippen molar-refractivity contribution in [1.29, 1.82) is 0 Å². The van der Waals surface area contributed by atoms with Gasteiger partial charge >= 0.3 is 0 Å².